The number of methoxy groups -OCH3 is 3. The fourth-order valence-electron chi connectivity index (χ4n) is 3.33. The highest BCUT2D eigenvalue weighted by atomic mass is 32.2. The van der Waals surface area contributed by atoms with Gasteiger partial charge in [0.15, 0.2) is 21.3 Å². The van der Waals surface area contributed by atoms with Gasteiger partial charge >= 0.3 is 0 Å². The minimum atomic E-state index is -3.13. The van der Waals surface area contributed by atoms with E-state index in [4.69, 9.17) is 14.2 Å². The van der Waals surface area contributed by atoms with Gasteiger partial charge in [0.1, 0.15) is 0 Å². The Balaban J connectivity index is 1.99. The largest absolute Gasteiger partial charge is 0.493 e. The second kappa shape index (κ2) is 8.40. The third-order valence-corrected chi connectivity index (χ3v) is 7.34. The summed E-state index contributed by atoms with van der Waals surface area (Å²) in [6.07, 6.45) is 0.434. The lowest BCUT2D eigenvalue weighted by Gasteiger charge is -2.28. The summed E-state index contributed by atoms with van der Waals surface area (Å²) >= 11 is 1.53. The first-order chi connectivity index (χ1) is 13.4. The summed E-state index contributed by atoms with van der Waals surface area (Å²) in [7, 11) is 1.33. The highest BCUT2D eigenvalue weighted by molar-refractivity contribution is 7.91. The summed E-state index contributed by atoms with van der Waals surface area (Å²) in [4.78, 5) is 16.0. The highest BCUT2D eigenvalue weighted by Crippen LogP contribution is 2.39. The average molecular weight is 426 g/mol. The van der Waals surface area contributed by atoms with Crippen molar-refractivity contribution in [1.29, 1.82) is 0 Å². The Morgan fingerprint density at radius 3 is 2.32 bits per heavy atom. The minimum absolute atomic E-state index is 0.0193. The van der Waals surface area contributed by atoms with E-state index >= 15 is 0 Å². The molecule has 0 aliphatic carbocycles. The topological polar surface area (TPSA) is 82.1 Å². The lowest BCUT2D eigenvalue weighted by molar-refractivity contribution is 0.0682. The molecule has 1 aliphatic rings. The van der Waals surface area contributed by atoms with Gasteiger partial charge in [-0.1, -0.05) is 6.07 Å². The van der Waals surface area contributed by atoms with Crippen molar-refractivity contribution in [3.63, 3.8) is 0 Å². The van der Waals surface area contributed by atoms with Crippen LogP contribution in [0.3, 0.4) is 0 Å². The third kappa shape index (κ3) is 4.25. The van der Waals surface area contributed by atoms with Crippen molar-refractivity contribution >= 4 is 27.1 Å². The Kier molecular flexibility index (Phi) is 6.14. The number of nitrogens with zero attached hydrogens (tertiary/aromatic N) is 1. The Morgan fingerprint density at radius 1 is 1.18 bits per heavy atom. The van der Waals surface area contributed by atoms with Gasteiger partial charge in [-0.15, -0.1) is 11.3 Å². The van der Waals surface area contributed by atoms with Gasteiger partial charge in [-0.25, -0.2) is 8.42 Å². The van der Waals surface area contributed by atoms with Crippen molar-refractivity contribution in [3.05, 3.63) is 40.1 Å². The molecule has 1 atom stereocenters. The Bertz CT molecular complexity index is 914. The number of hydrogen-bond acceptors (Lipinski definition) is 7. The number of amides is 1. The molecule has 1 saturated heterocycles. The van der Waals surface area contributed by atoms with E-state index in [-0.39, 0.29) is 23.5 Å². The Morgan fingerprint density at radius 2 is 1.86 bits per heavy atom. The van der Waals surface area contributed by atoms with Crippen molar-refractivity contribution in [3.8, 4) is 17.2 Å². The van der Waals surface area contributed by atoms with Crippen LogP contribution in [-0.4, -0.2) is 58.1 Å². The second-order valence-electron chi connectivity index (χ2n) is 6.48. The van der Waals surface area contributed by atoms with Crippen LogP contribution >= 0.6 is 11.3 Å². The van der Waals surface area contributed by atoms with Crippen LogP contribution in [0.4, 0.5) is 0 Å². The van der Waals surface area contributed by atoms with Crippen LogP contribution in [0.15, 0.2) is 29.6 Å². The molecular formula is C19H23NO6S2. The molecule has 0 saturated carbocycles. The SMILES string of the molecule is COc1cc(C(=O)N(Cc2cccs2)[C@H]2CCS(=O)(=O)C2)cc(OC)c1OC. The van der Waals surface area contributed by atoms with Gasteiger partial charge in [-0.2, -0.15) is 0 Å². The first-order valence-corrected chi connectivity index (χ1v) is 11.4. The van der Waals surface area contributed by atoms with E-state index in [1.165, 1.54) is 32.7 Å². The molecule has 1 aromatic carbocycles. The molecule has 3 rings (SSSR count). The van der Waals surface area contributed by atoms with Crippen LogP contribution < -0.4 is 14.2 Å². The molecule has 0 spiro atoms. The molecule has 28 heavy (non-hydrogen) atoms. The quantitative estimate of drug-likeness (QED) is 0.678. The number of benzene rings is 1. The molecular weight excluding hydrogens is 402 g/mol. The maximum atomic E-state index is 13.4. The molecule has 2 aromatic rings. The molecule has 7 nitrogen and oxygen atoms in total. The Labute approximate surface area is 168 Å². The van der Waals surface area contributed by atoms with E-state index < -0.39 is 9.84 Å². The maximum absolute atomic E-state index is 13.4. The molecule has 2 heterocycles. The van der Waals surface area contributed by atoms with Crippen molar-refractivity contribution in [2.75, 3.05) is 32.8 Å². The number of thiophene rings is 1. The van der Waals surface area contributed by atoms with Crippen LogP contribution in [0.1, 0.15) is 21.7 Å². The van der Waals surface area contributed by atoms with E-state index in [9.17, 15) is 13.2 Å². The summed E-state index contributed by atoms with van der Waals surface area (Å²) in [5, 5.41) is 1.93. The van der Waals surface area contributed by atoms with Crippen LogP contribution in [0, 0.1) is 0 Å². The molecule has 152 valence electrons. The zero-order valence-electron chi connectivity index (χ0n) is 16.0. The number of ether oxygens (including phenoxy) is 3. The maximum Gasteiger partial charge on any atom is 0.254 e. The molecule has 1 amide bonds. The van der Waals surface area contributed by atoms with Gasteiger partial charge in [-0.05, 0) is 30.0 Å². The first-order valence-electron chi connectivity index (χ1n) is 8.72. The zero-order valence-corrected chi connectivity index (χ0v) is 17.6. The first kappa shape index (κ1) is 20.5. The number of rotatable bonds is 7. The summed E-state index contributed by atoms with van der Waals surface area (Å²) in [5.41, 5.74) is 0.357. The van der Waals surface area contributed by atoms with Crippen LogP contribution in [-0.2, 0) is 16.4 Å². The molecule has 0 N–H and O–H groups in total. The molecule has 0 bridgehead atoms. The normalized spacial score (nSPS) is 17.9. The lowest BCUT2D eigenvalue weighted by Crippen LogP contribution is -2.40. The van der Waals surface area contributed by atoms with E-state index in [0.29, 0.717) is 35.8 Å². The van der Waals surface area contributed by atoms with Crippen molar-refractivity contribution in [2.24, 2.45) is 0 Å². The van der Waals surface area contributed by atoms with Crippen molar-refractivity contribution < 1.29 is 27.4 Å². The highest BCUT2D eigenvalue weighted by Gasteiger charge is 2.35. The summed E-state index contributed by atoms with van der Waals surface area (Å²) < 4.78 is 40.0. The number of sulfone groups is 1. The number of carbonyl (C=O) groups is 1. The number of carbonyl (C=O) groups excluding carboxylic acids is 1. The second-order valence-corrected chi connectivity index (χ2v) is 9.74. The molecule has 0 radical (unpaired) electrons. The van der Waals surface area contributed by atoms with Gasteiger partial charge in [0, 0.05) is 16.5 Å². The fourth-order valence-corrected chi connectivity index (χ4v) is 5.76. The van der Waals surface area contributed by atoms with Gasteiger partial charge in [-0.3, -0.25) is 4.79 Å². The van der Waals surface area contributed by atoms with Crippen molar-refractivity contribution in [1.82, 2.24) is 4.90 Å². The van der Waals surface area contributed by atoms with Crippen molar-refractivity contribution in [2.45, 2.75) is 19.0 Å². The lowest BCUT2D eigenvalue weighted by atomic mass is 10.1. The van der Waals surface area contributed by atoms with Gasteiger partial charge in [0.2, 0.25) is 5.75 Å². The average Bonchev–Trinajstić information content (AvgIpc) is 3.33. The van der Waals surface area contributed by atoms with E-state index in [1.807, 2.05) is 17.5 Å². The van der Waals surface area contributed by atoms with Crippen LogP contribution in [0.2, 0.25) is 0 Å². The standard InChI is InChI=1S/C19H23NO6S2/c1-24-16-9-13(10-17(25-2)18(16)26-3)19(21)20(11-15-5-4-7-27-15)14-6-8-28(22,23)12-14/h4-5,7,9-10,14H,6,8,11-12H2,1-3H3/t14-/m0/s1. The number of hydrogen-bond donors (Lipinski definition) is 0. The summed E-state index contributed by atoms with van der Waals surface area (Å²) in [6.45, 7) is 0.355. The molecule has 1 aromatic heterocycles. The third-order valence-electron chi connectivity index (χ3n) is 4.73. The predicted octanol–water partition coefficient (Wildman–Crippen LogP) is 2.60. The smallest absolute Gasteiger partial charge is 0.254 e. The Hall–Kier alpha value is -2.26. The molecule has 1 aliphatic heterocycles. The molecule has 0 unspecified atom stereocenters. The van der Waals surface area contributed by atoms with Crippen LogP contribution in [0.25, 0.3) is 0 Å². The van der Waals surface area contributed by atoms with Gasteiger partial charge in [0.05, 0.1) is 39.4 Å². The van der Waals surface area contributed by atoms with E-state index in [2.05, 4.69) is 0 Å². The fraction of sp³-hybridized carbons (Fsp3) is 0.421. The summed E-state index contributed by atoms with van der Waals surface area (Å²) in [5.74, 6) is 0.959. The van der Waals surface area contributed by atoms with E-state index in [0.717, 1.165) is 4.88 Å². The van der Waals surface area contributed by atoms with E-state index in [1.54, 1.807) is 17.0 Å². The van der Waals surface area contributed by atoms with Gasteiger partial charge < -0.3 is 19.1 Å². The summed E-state index contributed by atoms with van der Waals surface area (Å²) in [6, 6.07) is 6.67. The van der Waals surface area contributed by atoms with Gasteiger partial charge in [0.25, 0.3) is 5.91 Å². The molecule has 1 fully saturated rings. The predicted molar refractivity (Wildman–Crippen MR) is 107 cm³/mol. The minimum Gasteiger partial charge on any atom is -0.493 e. The van der Waals surface area contributed by atoms with Crippen LogP contribution in [0.5, 0.6) is 17.2 Å². The monoisotopic (exact) mass is 425 g/mol. The molecule has 9 heteroatoms. The zero-order chi connectivity index (χ0) is 20.3.